The Morgan fingerprint density at radius 3 is 2.75 bits per heavy atom. The first kappa shape index (κ1) is 12.0. The molecular weight excluding hydrogens is 293 g/mol. The monoisotopic (exact) mass is 305 g/mol. The second kappa shape index (κ2) is 5.23. The van der Waals surface area contributed by atoms with Crippen LogP contribution in [0.1, 0.15) is 23.2 Å². The number of carbonyl (C=O) groups is 1. The van der Waals surface area contributed by atoms with Gasteiger partial charge in [0.25, 0.3) is 5.91 Å². The van der Waals surface area contributed by atoms with Crippen LogP contribution >= 0.6 is 27.5 Å². The zero-order chi connectivity index (χ0) is 11.5. The molecule has 2 heterocycles. The molecule has 5 heteroatoms. The van der Waals surface area contributed by atoms with E-state index in [2.05, 4.69) is 15.9 Å². The van der Waals surface area contributed by atoms with Gasteiger partial charge in [0.05, 0.1) is 11.8 Å². The lowest BCUT2D eigenvalue weighted by Crippen LogP contribution is -2.38. The lowest BCUT2D eigenvalue weighted by Gasteiger charge is -2.30. The van der Waals surface area contributed by atoms with Gasteiger partial charge in [-0.25, -0.2) is 0 Å². The number of furan rings is 1. The molecule has 2 rings (SSSR count). The van der Waals surface area contributed by atoms with Crippen LogP contribution in [0.15, 0.2) is 21.4 Å². The second-order valence-corrected chi connectivity index (χ2v) is 5.03. The Labute approximate surface area is 108 Å². The molecule has 1 aromatic rings. The van der Waals surface area contributed by atoms with Crippen LogP contribution in [0, 0.1) is 5.92 Å². The largest absolute Gasteiger partial charge is 0.457 e. The van der Waals surface area contributed by atoms with E-state index in [1.54, 1.807) is 6.07 Å². The maximum atomic E-state index is 12.1. The fraction of sp³-hybridized carbons (Fsp3) is 0.545. The molecule has 88 valence electrons. The Kier molecular flexibility index (Phi) is 3.92. The van der Waals surface area contributed by atoms with E-state index in [0.29, 0.717) is 22.0 Å². The maximum absolute atomic E-state index is 12.1. The van der Waals surface area contributed by atoms with Crippen LogP contribution in [0.5, 0.6) is 0 Å². The molecule has 1 amide bonds. The quantitative estimate of drug-likeness (QED) is 0.787. The highest BCUT2D eigenvalue weighted by molar-refractivity contribution is 9.10. The number of hydrogen-bond acceptors (Lipinski definition) is 2. The van der Waals surface area contributed by atoms with Gasteiger partial charge in [-0.05, 0) is 40.8 Å². The van der Waals surface area contributed by atoms with Gasteiger partial charge in [-0.1, -0.05) is 0 Å². The average Bonchev–Trinajstić information content (AvgIpc) is 2.75. The summed E-state index contributed by atoms with van der Waals surface area (Å²) in [4.78, 5) is 13.9. The molecule has 0 radical (unpaired) electrons. The predicted molar refractivity (Wildman–Crippen MR) is 65.8 cm³/mol. The number of alkyl halides is 1. The summed E-state index contributed by atoms with van der Waals surface area (Å²) in [5.74, 6) is 1.28. The van der Waals surface area contributed by atoms with Crippen molar-refractivity contribution in [3.63, 3.8) is 0 Å². The van der Waals surface area contributed by atoms with E-state index in [4.69, 9.17) is 16.0 Å². The normalized spacial score (nSPS) is 17.8. The number of amides is 1. The molecule has 1 fully saturated rings. The molecular formula is C11H13BrClNO2. The van der Waals surface area contributed by atoms with Crippen molar-refractivity contribution >= 4 is 33.4 Å². The SMILES string of the molecule is O=C(c1ccoc1Br)N1CCC(CCl)CC1. The number of carbonyl (C=O) groups excluding carboxylic acids is 1. The summed E-state index contributed by atoms with van der Waals surface area (Å²) < 4.78 is 5.58. The number of hydrogen-bond donors (Lipinski definition) is 0. The number of halogens is 2. The summed E-state index contributed by atoms with van der Waals surface area (Å²) in [6, 6.07) is 1.69. The summed E-state index contributed by atoms with van der Waals surface area (Å²) in [6.45, 7) is 1.57. The first-order valence-corrected chi connectivity index (χ1v) is 6.63. The molecule has 0 bridgehead atoms. The van der Waals surface area contributed by atoms with Crippen molar-refractivity contribution in [1.82, 2.24) is 4.90 Å². The van der Waals surface area contributed by atoms with Crippen molar-refractivity contribution in [3.8, 4) is 0 Å². The number of rotatable bonds is 2. The van der Waals surface area contributed by atoms with Gasteiger partial charge in [0.1, 0.15) is 0 Å². The van der Waals surface area contributed by atoms with Gasteiger partial charge in [-0.2, -0.15) is 0 Å². The molecule has 0 aromatic carbocycles. The van der Waals surface area contributed by atoms with E-state index in [0.717, 1.165) is 25.9 Å². The van der Waals surface area contributed by atoms with Gasteiger partial charge in [-0.3, -0.25) is 4.79 Å². The Balaban J connectivity index is 2.00. The molecule has 0 N–H and O–H groups in total. The molecule has 1 saturated heterocycles. The van der Waals surface area contributed by atoms with Gasteiger partial charge in [0.15, 0.2) is 4.67 Å². The van der Waals surface area contributed by atoms with Gasteiger partial charge in [-0.15, -0.1) is 11.6 Å². The van der Waals surface area contributed by atoms with Crippen molar-refractivity contribution in [2.45, 2.75) is 12.8 Å². The first-order chi connectivity index (χ1) is 7.72. The highest BCUT2D eigenvalue weighted by atomic mass is 79.9. The predicted octanol–water partition coefficient (Wildman–Crippen LogP) is 3.13. The van der Waals surface area contributed by atoms with E-state index < -0.39 is 0 Å². The third-order valence-corrected chi connectivity index (χ3v) is 4.02. The fourth-order valence-corrected chi connectivity index (χ4v) is 2.63. The molecule has 0 aliphatic carbocycles. The summed E-state index contributed by atoms with van der Waals surface area (Å²) in [5.41, 5.74) is 0.601. The Hall–Kier alpha value is -0.480. The summed E-state index contributed by atoms with van der Waals surface area (Å²) in [6.07, 6.45) is 3.50. The van der Waals surface area contributed by atoms with Crippen molar-refractivity contribution in [1.29, 1.82) is 0 Å². The van der Waals surface area contributed by atoms with Crippen LogP contribution in [0.2, 0.25) is 0 Å². The van der Waals surface area contributed by atoms with E-state index in [-0.39, 0.29) is 5.91 Å². The van der Waals surface area contributed by atoms with Crippen LogP contribution in [0.3, 0.4) is 0 Å². The molecule has 3 nitrogen and oxygen atoms in total. The Morgan fingerprint density at radius 2 is 2.25 bits per heavy atom. The third-order valence-electron chi connectivity index (χ3n) is 2.97. The van der Waals surface area contributed by atoms with Gasteiger partial charge >= 0.3 is 0 Å². The molecule has 1 aliphatic rings. The van der Waals surface area contributed by atoms with Crippen LogP contribution in [-0.4, -0.2) is 29.8 Å². The fourth-order valence-electron chi connectivity index (χ4n) is 1.91. The third kappa shape index (κ3) is 2.43. The minimum absolute atomic E-state index is 0.0358. The molecule has 0 atom stereocenters. The number of likely N-dealkylation sites (tertiary alicyclic amines) is 1. The molecule has 0 unspecified atom stereocenters. The summed E-state index contributed by atoms with van der Waals surface area (Å²) >= 11 is 9.03. The summed E-state index contributed by atoms with van der Waals surface area (Å²) in [7, 11) is 0. The zero-order valence-corrected chi connectivity index (χ0v) is 11.1. The lowest BCUT2D eigenvalue weighted by molar-refractivity contribution is 0.0696. The highest BCUT2D eigenvalue weighted by Gasteiger charge is 2.25. The van der Waals surface area contributed by atoms with Crippen LogP contribution < -0.4 is 0 Å². The standard InChI is InChI=1S/C11H13BrClNO2/c12-10-9(3-6-16-10)11(15)14-4-1-8(7-13)2-5-14/h3,6,8H,1-2,4-5,7H2. The smallest absolute Gasteiger partial charge is 0.258 e. The molecule has 0 saturated carbocycles. The average molecular weight is 307 g/mol. The highest BCUT2D eigenvalue weighted by Crippen LogP contribution is 2.23. The minimum Gasteiger partial charge on any atom is -0.457 e. The number of piperidine rings is 1. The molecule has 16 heavy (non-hydrogen) atoms. The maximum Gasteiger partial charge on any atom is 0.258 e. The van der Waals surface area contributed by atoms with Crippen LogP contribution in [0.25, 0.3) is 0 Å². The number of nitrogens with zero attached hydrogens (tertiary/aromatic N) is 1. The van der Waals surface area contributed by atoms with Gasteiger partial charge < -0.3 is 9.32 Å². The molecule has 0 spiro atoms. The second-order valence-electron chi connectivity index (χ2n) is 4.00. The van der Waals surface area contributed by atoms with Crippen molar-refractivity contribution in [3.05, 3.63) is 22.6 Å². The molecule has 1 aliphatic heterocycles. The zero-order valence-electron chi connectivity index (χ0n) is 8.79. The van der Waals surface area contributed by atoms with E-state index in [9.17, 15) is 4.79 Å². The first-order valence-electron chi connectivity index (χ1n) is 5.30. The van der Waals surface area contributed by atoms with E-state index in [1.807, 2.05) is 4.90 Å². The Bertz CT molecular complexity index is 372. The topological polar surface area (TPSA) is 33.5 Å². The summed E-state index contributed by atoms with van der Waals surface area (Å²) in [5, 5.41) is 0. The lowest BCUT2D eigenvalue weighted by atomic mass is 9.98. The van der Waals surface area contributed by atoms with E-state index >= 15 is 0 Å². The van der Waals surface area contributed by atoms with Crippen LogP contribution in [0.4, 0.5) is 0 Å². The molecule has 1 aromatic heterocycles. The van der Waals surface area contributed by atoms with Crippen molar-refractivity contribution in [2.24, 2.45) is 5.92 Å². The van der Waals surface area contributed by atoms with Crippen molar-refractivity contribution < 1.29 is 9.21 Å². The van der Waals surface area contributed by atoms with Crippen LogP contribution in [-0.2, 0) is 0 Å². The van der Waals surface area contributed by atoms with Gasteiger partial charge in [0.2, 0.25) is 0 Å². The van der Waals surface area contributed by atoms with Crippen molar-refractivity contribution in [2.75, 3.05) is 19.0 Å². The van der Waals surface area contributed by atoms with Gasteiger partial charge in [0, 0.05) is 19.0 Å². The minimum atomic E-state index is 0.0358. The van der Waals surface area contributed by atoms with E-state index in [1.165, 1.54) is 6.26 Å². The Morgan fingerprint density at radius 1 is 1.56 bits per heavy atom.